The monoisotopic (exact) mass is 328 g/mol. The molecule has 5 heteroatoms. The van der Waals surface area contributed by atoms with Crippen molar-refractivity contribution >= 4 is 21.8 Å². The standard InChI is InChI=1S/C14H21BrN2O2/c1-3-7-17-14(18)10-19-13-6-5-12(15)8-11(13)9-16-4-2/h5-6,8,16H,3-4,7,9-10H2,1-2H3,(H,17,18). The molecule has 0 aliphatic carbocycles. The number of hydrogen-bond acceptors (Lipinski definition) is 3. The summed E-state index contributed by atoms with van der Waals surface area (Å²) < 4.78 is 6.58. The molecule has 0 unspecified atom stereocenters. The first-order valence-corrected chi connectivity index (χ1v) is 7.35. The van der Waals surface area contributed by atoms with Crippen molar-refractivity contribution in [1.82, 2.24) is 10.6 Å². The van der Waals surface area contributed by atoms with Crippen molar-refractivity contribution in [2.45, 2.75) is 26.8 Å². The lowest BCUT2D eigenvalue weighted by Gasteiger charge is -2.12. The Morgan fingerprint density at radius 2 is 2.16 bits per heavy atom. The van der Waals surface area contributed by atoms with E-state index in [-0.39, 0.29) is 12.5 Å². The van der Waals surface area contributed by atoms with E-state index in [2.05, 4.69) is 33.5 Å². The molecule has 4 nitrogen and oxygen atoms in total. The molecule has 0 heterocycles. The largest absolute Gasteiger partial charge is 0.483 e. The van der Waals surface area contributed by atoms with Gasteiger partial charge in [-0.1, -0.05) is 29.8 Å². The summed E-state index contributed by atoms with van der Waals surface area (Å²) in [6.07, 6.45) is 0.926. The summed E-state index contributed by atoms with van der Waals surface area (Å²) in [6.45, 7) is 6.43. The minimum absolute atomic E-state index is 0.0563. The van der Waals surface area contributed by atoms with Crippen molar-refractivity contribution in [3.63, 3.8) is 0 Å². The summed E-state index contributed by atoms with van der Waals surface area (Å²) in [5.74, 6) is 0.662. The molecule has 0 spiro atoms. The minimum Gasteiger partial charge on any atom is -0.483 e. The fourth-order valence-electron chi connectivity index (χ4n) is 1.55. The van der Waals surface area contributed by atoms with Crippen molar-refractivity contribution in [2.75, 3.05) is 19.7 Å². The van der Waals surface area contributed by atoms with Crippen molar-refractivity contribution in [2.24, 2.45) is 0 Å². The maximum Gasteiger partial charge on any atom is 0.257 e. The molecule has 1 amide bonds. The molecule has 0 fully saturated rings. The van der Waals surface area contributed by atoms with Crippen LogP contribution in [0.2, 0.25) is 0 Å². The normalized spacial score (nSPS) is 10.3. The molecule has 0 atom stereocenters. The molecule has 0 saturated heterocycles. The number of halogens is 1. The smallest absolute Gasteiger partial charge is 0.257 e. The number of rotatable bonds is 8. The van der Waals surface area contributed by atoms with Gasteiger partial charge in [-0.05, 0) is 31.2 Å². The fraction of sp³-hybridized carbons (Fsp3) is 0.500. The number of hydrogen-bond donors (Lipinski definition) is 2. The van der Waals surface area contributed by atoms with Crippen LogP contribution in [0, 0.1) is 0 Å². The predicted octanol–water partition coefficient (Wildman–Crippen LogP) is 2.46. The highest BCUT2D eigenvalue weighted by molar-refractivity contribution is 9.10. The Bertz CT molecular complexity index is 410. The lowest BCUT2D eigenvalue weighted by molar-refractivity contribution is -0.123. The quantitative estimate of drug-likeness (QED) is 0.770. The van der Waals surface area contributed by atoms with E-state index >= 15 is 0 Å². The third kappa shape index (κ3) is 6.07. The second-order valence-electron chi connectivity index (χ2n) is 4.17. The van der Waals surface area contributed by atoms with Gasteiger partial charge in [-0.2, -0.15) is 0 Å². The molecule has 0 aliphatic rings. The van der Waals surface area contributed by atoms with Crippen molar-refractivity contribution < 1.29 is 9.53 Å². The van der Waals surface area contributed by atoms with Gasteiger partial charge in [0.2, 0.25) is 0 Å². The van der Waals surface area contributed by atoms with Crippen LogP contribution in [0.5, 0.6) is 5.75 Å². The molecule has 0 aromatic heterocycles. The van der Waals surface area contributed by atoms with Crippen LogP contribution >= 0.6 is 15.9 Å². The molecule has 1 aromatic carbocycles. The summed E-state index contributed by atoms with van der Waals surface area (Å²) in [7, 11) is 0. The topological polar surface area (TPSA) is 50.4 Å². The maximum atomic E-state index is 11.5. The van der Waals surface area contributed by atoms with Crippen LogP contribution in [0.4, 0.5) is 0 Å². The molecule has 2 N–H and O–H groups in total. The SMILES string of the molecule is CCCNC(=O)COc1ccc(Br)cc1CNCC. The van der Waals surface area contributed by atoms with Gasteiger partial charge in [0.15, 0.2) is 6.61 Å². The zero-order valence-electron chi connectivity index (χ0n) is 11.5. The van der Waals surface area contributed by atoms with E-state index in [0.717, 1.165) is 35.3 Å². The van der Waals surface area contributed by atoms with Gasteiger partial charge < -0.3 is 15.4 Å². The lowest BCUT2D eigenvalue weighted by atomic mass is 10.2. The van der Waals surface area contributed by atoms with E-state index in [9.17, 15) is 4.79 Å². The first-order chi connectivity index (χ1) is 9.17. The summed E-state index contributed by atoms with van der Waals surface area (Å²) in [4.78, 5) is 11.5. The van der Waals surface area contributed by atoms with Gasteiger partial charge in [0.1, 0.15) is 5.75 Å². The zero-order valence-corrected chi connectivity index (χ0v) is 13.0. The first-order valence-electron chi connectivity index (χ1n) is 6.56. The van der Waals surface area contributed by atoms with Crippen LogP contribution in [0.15, 0.2) is 22.7 Å². The Balaban J connectivity index is 2.58. The van der Waals surface area contributed by atoms with Crippen LogP contribution in [0.3, 0.4) is 0 Å². The second kappa shape index (κ2) is 8.93. The highest BCUT2D eigenvalue weighted by atomic mass is 79.9. The summed E-state index contributed by atoms with van der Waals surface area (Å²) in [5.41, 5.74) is 1.04. The van der Waals surface area contributed by atoms with Gasteiger partial charge in [0.25, 0.3) is 5.91 Å². The van der Waals surface area contributed by atoms with Crippen LogP contribution in [-0.4, -0.2) is 25.6 Å². The molecule has 0 radical (unpaired) electrons. The van der Waals surface area contributed by atoms with Gasteiger partial charge >= 0.3 is 0 Å². The summed E-state index contributed by atoms with van der Waals surface area (Å²) in [6, 6.07) is 5.79. The van der Waals surface area contributed by atoms with Crippen molar-refractivity contribution in [3.8, 4) is 5.75 Å². The Morgan fingerprint density at radius 3 is 2.84 bits per heavy atom. The van der Waals surface area contributed by atoms with Gasteiger partial charge in [-0.3, -0.25) is 4.79 Å². The Labute approximate surface area is 123 Å². The molecule has 0 aliphatic heterocycles. The number of benzene rings is 1. The number of carbonyl (C=O) groups excluding carboxylic acids is 1. The zero-order chi connectivity index (χ0) is 14.1. The van der Waals surface area contributed by atoms with Crippen LogP contribution in [0.1, 0.15) is 25.8 Å². The number of nitrogens with one attached hydrogen (secondary N) is 2. The highest BCUT2D eigenvalue weighted by Crippen LogP contribution is 2.23. The van der Waals surface area contributed by atoms with E-state index in [4.69, 9.17) is 4.74 Å². The molecule has 1 aromatic rings. The number of amides is 1. The third-order valence-electron chi connectivity index (χ3n) is 2.52. The lowest BCUT2D eigenvalue weighted by Crippen LogP contribution is -2.29. The summed E-state index contributed by atoms with van der Waals surface area (Å²) in [5, 5.41) is 6.04. The van der Waals surface area contributed by atoms with Gasteiger partial charge in [0, 0.05) is 23.1 Å². The number of ether oxygens (including phenoxy) is 1. The Morgan fingerprint density at radius 1 is 1.37 bits per heavy atom. The Kier molecular flexibility index (Phi) is 7.52. The summed E-state index contributed by atoms with van der Waals surface area (Å²) >= 11 is 3.44. The fourth-order valence-corrected chi connectivity index (χ4v) is 1.95. The molecular formula is C14H21BrN2O2. The minimum atomic E-state index is -0.0841. The molecule has 106 valence electrons. The van der Waals surface area contributed by atoms with Crippen molar-refractivity contribution in [3.05, 3.63) is 28.2 Å². The maximum absolute atomic E-state index is 11.5. The molecular weight excluding hydrogens is 308 g/mol. The predicted molar refractivity (Wildman–Crippen MR) is 80.3 cm³/mol. The van der Waals surface area contributed by atoms with Gasteiger partial charge in [-0.15, -0.1) is 0 Å². The first kappa shape index (κ1) is 16.0. The van der Waals surface area contributed by atoms with Crippen LogP contribution < -0.4 is 15.4 Å². The number of carbonyl (C=O) groups is 1. The van der Waals surface area contributed by atoms with E-state index in [1.807, 2.05) is 25.1 Å². The highest BCUT2D eigenvalue weighted by Gasteiger charge is 2.07. The van der Waals surface area contributed by atoms with E-state index in [1.165, 1.54) is 0 Å². The van der Waals surface area contributed by atoms with E-state index in [1.54, 1.807) is 0 Å². The van der Waals surface area contributed by atoms with Crippen LogP contribution in [-0.2, 0) is 11.3 Å². The molecule has 0 bridgehead atoms. The van der Waals surface area contributed by atoms with Gasteiger partial charge in [-0.25, -0.2) is 0 Å². The van der Waals surface area contributed by atoms with E-state index in [0.29, 0.717) is 6.54 Å². The molecule has 0 saturated carbocycles. The van der Waals surface area contributed by atoms with Gasteiger partial charge in [0.05, 0.1) is 0 Å². The van der Waals surface area contributed by atoms with E-state index < -0.39 is 0 Å². The average molecular weight is 329 g/mol. The van der Waals surface area contributed by atoms with Crippen LogP contribution in [0.25, 0.3) is 0 Å². The Hall–Kier alpha value is -1.07. The second-order valence-corrected chi connectivity index (χ2v) is 5.09. The molecule has 1 rings (SSSR count). The average Bonchev–Trinajstić information content (AvgIpc) is 2.41. The third-order valence-corrected chi connectivity index (χ3v) is 3.01. The molecule has 19 heavy (non-hydrogen) atoms. The van der Waals surface area contributed by atoms with Crippen molar-refractivity contribution in [1.29, 1.82) is 0 Å².